The van der Waals surface area contributed by atoms with Crippen molar-refractivity contribution >= 4 is 23.4 Å². The summed E-state index contributed by atoms with van der Waals surface area (Å²) in [6, 6.07) is 8.96. The number of rotatable bonds is 3. The molecular formula is C15H12ClN3O3. The molecule has 2 aromatic rings. The summed E-state index contributed by atoms with van der Waals surface area (Å²) < 4.78 is 0. The fourth-order valence-electron chi connectivity index (χ4n) is 2.25. The number of benzene rings is 1. The Hall–Kier alpha value is -2.60. The van der Waals surface area contributed by atoms with E-state index in [0.29, 0.717) is 5.56 Å². The molecule has 0 aliphatic carbocycles. The van der Waals surface area contributed by atoms with E-state index in [2.05, 4.69) is 10.4 Å². The smallest absolute Gasteiger partial charge is 0.270 e. The van der Waals surface area contributed by atoms with E-state index in [0.717, 1.165) is 5.56 Å². The molecule has 3 rings (SSSR count). The van der Waals surface area contributed by atoms with Crippen molar-refractivity contribution in [3.8, 4) is 5.75 Å². The molecule has 0 saturated carbocycles. The van der Waals surface area contributed by atoms with Gasteiger partial charge in [0.2, 0.25) is 0 Å². The molecule has 2 heterocycles. The Morgan fingerprint density at radius 2 is 1.82 bits per heavy atom. The maximum atomic E-state index is 12.1. The maximum absolute atomic E-state index is 12.1. The number of nitrogens with zero attached hydrogens (tertiary/aromatic N) is 2. The van der Waals surface area contributed by atoms with E-state index in [9.17, 15) is 14.7 Å². The van der Waals surface area contributed by atoms with E-state index in [1.54, 1.807) is 24.3 Å². The third-order valence-corrected chi connectivity index (χ3v) is 3.85. The number of hydrogen-bond donors (Lipinski definition) is 2. The molecule has 1 aliphatic heterocycles. The molecule has 0 radical (unpaired) electrons. The summed E-state index contributed by atoms with van der Waals surface area (Å²) in [4.78, 5) is 27.8. The quantitative estimate of drug-likeness (QED) is 0.666. The largest absolute Gasteiger partial charge is 0.508 e. The Balaban J connectivity index is 1.78. The molecule has 22 heavy (non-hydrogen) atoms. The second-order valence-corrected chi connectivity index (χ2v) is 5.29. The molecule has 1 saturated heterocycles. The zero-order chi connectivity index (χ0) is 15.7. The molecule has 0 bridgehead atoms. The van der Waals surface area contributed by atoms with Crippen LogP contribution in [0.5, 0.6) is 5.75 Å². The summed E-state index contributed by atoms with van der Waals surface area (Å²) in [5.74, 6) is -0.668. The number of hydrazine groups is 1. The number of pyridine rings is 1. The van der Waals surface area contributed by atoms with Gasteiger partial charge in [-0.15, -0.1) is 11.6 Å². The van der Waals surface area contributed by atoms with Gasteiger partial charge in [-0.3, -0.25) is 20.0 Å². The highest BCUT2D eigenvalue weighted by molar-refractivity contribution is 6.33. The number of β-lactam (4-membered cyclic amide) rings is 1. The van der Waals surface area contributed by atoms with Crippen molar-refractivity contribution in [3.63, 3.8) is 0 Å². The van der Waals surface area contributed by atoms with Crippen LogP contribution in [0.15, 0.2) is 48.8 Å². The van der Waals surface area contributed by atoms with Crippen LogP contribution in [0.4, 0.5) is 0 Å². The topological polar surface area (TPSA) is 82.5 Å². The number of aromatic hydroxyl groups is 1. The minimum atomic E-state index is -0.748. The summed E-state index contributed by atoms with van der Waals surface area (Å²) in [7, 11) is 0. The summed E-state index contributed by atoms with van der Waals surface area (Å²) in [6.45, 7) is 0. The number of carbonyl (C=O) groups is 2. The third kappa shape index (κ3) is 2.48. The van der Waals surface area contributed by atoms with Gasteiger partial charge in [0.1, 0.15) is 17.2 Å². The highest BCUT2D eigenvalue weighted by atomic mass is 35.5. The lowest BCUT2D eigenvalue weighted by Crippen LogP contribution is -2.63. The van der Waals surface area contributed by atoms with Crippen LogP contribution < -0.4 is 5.43 Å². The van der Waals surface area contributed by atoms with Crippen LogP contribution in [-0.4, -0.2) is 32.3 Å². The van der Waals surface area contributed by atoms with Gasteiger partial charge in [-0.2, -0.15) is 0 Å². The number of phenols is 1. The second kappa shape index (κ2) is 5.65. The van der Waals surface area contributed by atoms with Crippen LogP contribution in [0.2, 0.25) is 0 Å². The molecule has 6 nitrogen and oxygen atoms in total. The van der Waals surface area contributed by atoms with Crippen LogP contribution >= 0.6 is 11.6 Å². The van der Waals surface area contributed by atoms with E-state index in [-0.39, 0.29) is 11.7 Å². The van der Waals surface area contributed by atoms with E-state index in [1.807, 2.05) is 0 Å². The van der Waals surface area contributed by atoms with Gasteiger partial charge in [-0.05, 0) is 29.8 Å². The van der Waals surface area contributed by atoms with Gasteiger partial charge < -0.3 is 5.11 Å². The highest BCUT2D eigenvalue weighted by Gasteiger charge is 2.48. The van der Waals surface area contributed by atoms with Crippen molar-refractivity contribution in [2.24, 2.45) is 0 Å². The van der Waals surface area contributed by atoms with E-state index in [4.69, 9.17) is 11.6 Å². The predicted octanol–water partition coefficient (Wildman–Crippen LogP) is 1.62. The lowest BCUT2D eigenvalue weighted by molar-refractivity contribution is -0.149. The molecule has 1 aromatic heterocycles. The molecule has 112 valence electrons. The second-order valence-electron chi connectivity index (χ2n) is 4.82. The lowest BCUT2D eigenvalue weighted by atomic mass is 9.95. The number of hydrogen-bond acceptors (Lipinski definition) is 4. The first-order valence-corrected chi connectivity index (χ1v) is 6.98. The van der Waals surface area contributed by atoms with Crippen LogP contribution in [0.3, 0.4) is 0 Å². The minimum Gasteiger partial charge on any atom is -0.508 e. The molecule has 0 spiro atoms. The highest BCUT2D eigenvalue weighted by Crippen LogP contribution is 2.37. The Labute approximate surface area is 131 Å². The van der Waals surface area contributed by atoms with Crippen LogP contribution in [0, 0.1) is 0 Å². The fourth-order valence-corrected chi connectivity index (χ4v) is 2.61. The molecule has 7 heteroatoms. The van der Waals surface area contributed by atoms with Gasteiger partial charge in [0.25, 0.3) is 11.8 Å². The zero-order valence-corrected chi connectivity index (χ0v) is 12.1. The molecular weight excluding hydrogens is 306 g/mol. The molecule has 1 aliphatic rings. The van der Waals surface area contributed by atoms with E-state index in [1.165, 1.54) is 29.5 Å². The normalized spacial score (nSPS) is 20.4. The number of alkyl halides is 1. The number of nitrogens with one attached hydrogen (secondary N) is 1. The van der Waals surface area contributed by atoms with Gasteiger partial charge in [-0.1, -0.05) is 12.1 Å². The number of amides is 2. The Kier molecular flexibility index (Phi) is 3.68. The molecule has 2 unspecified atom stereocenters. The predicted molar refractivity (Wildman–Crippen MR) is 79.0 cm³/mol. The molecule has 2 N–H and O–H groups in total. The van der Waals surface area contributed by atoms with E-state index >= 15 is 0 Å². The van der Waals surface area contributed by atoms with Gasteiger partial charge in [0, 0.05) is 18.0 Å². The van der Waals surface area contributed by atoms with Gasteiger partial charge in [0.05, 0.1) is 0 Å². The Morgan fingerprint density at radius 1 is 1.18 bits per heavy atom. The van der Waals surface area contributed by atoms with Crippen molar-refractivity contribution in [2.75, 3.05) is 0 Å². The van der Waals surface area contributed by atoms with Gasteiger partial charge >= 0.3 is 0 Å². The maximum Gasteiger partial charge on any atom is 0.270 e. The average Bonchev–Trinajstić information content (AvgIpc) is 2.56. The first kappa shape index (κ1) is 14.3. The van der Waals surface area contributed by atoms with Gasteiger partial charge in [0.15, 0.2) is 0 Å². The van der Waals surface area contributed by atoms with Crippen LogP contribution in [0.25, 0.3) is 0 Å². The first-order chi connectivity index (χ1) is 10.6. The van der Waals surface area contributed by atoms with Crippen molar-refractivity contribution in [1.82, 2.24) is 15.4 Å². The van der Waals surface area contributed by atoms with Crippen molar-refractivity contribution in [2.45, 2.75) is 11.4 Å². The molecule has 2 amide bonds. The Bertz CT molecular complexity index is 706. The number of halogens is 1. The average molecular weight is 318 g/mol. The summed E-state index contributed by atoms with van der Waals surface area (Å²) in [5, 5.41) is 9.77. The minimum absolute atomic E-state index is 0.118. The van der Waals surface area contributed by atoms with Crippen molar-refractivity contribution in [1.29, 1.82) is 0 Å². The molecule has 1 aromatic carbocycles. The van der Waals surface area contributed by atoms with Crippen LogP contribution in [-0.2, 0) is 4.79 Å². The fraction of sp³-hybridized carbons (Fsp3) is 0.133. The van der Waals surface area contributed by atoms with Gasteiger partial charge in [-0.25, -0.2) is 5.01 Å². The number of phenolic OH excluding ortho intramolecular Hbond substituents is 1. The third-order valence-electron chi connectivity index (χ3n) is 3.43. The molecule has 2 atom stereocenters. The lowest BCUT2D eigenvalue weighted by Gasteiger charge is -2.43. The Morgan fingerprint density at radius 3 is 2.45 bits per heavy atom. The monoisotopic (exact) mass is 317 g/mol. The molecule has 1 fully saturated rings. The summed E-state index contributed by atoms with van der Waals surface area (Å²) >= 11 is 6.05. The SMILES string of the molecule is O=C(NN1C(=O)C(Cl)C1c1ccc(O)cc1)c1ccncc1. The van der Waals surface area contributed by atoms with E-state index < -0.39 is 17.3 Å². The van der Waals surface area contributed by atoms with Crippen LogP contribution in [0.1, 0.15) is 22.0 Å². The van der Waals surface area contributed by atoms with Crippen molar-refractivity contribution in [3.05, 3.63) is 59.9 Å². The number of carbonyl (C=O) groups excluding carboxylic acids is 2. The first-order valence-electron chi connectivity index (χ1n) is 6.55. The number of aromatic nitrogens is 1. The summed E-state index contributed by atoms with van der Waals surface area (Å²) in [6.07, 6.45) is 2.99. The van der Waals surface area contributed by atoms with Crippen molar-refractivity contribution < 1.29 is 14.7 Å². The zero-order valence-electron chi connectivity index (χ0n) is 11.3. The summed E-state index contributed by atoms with van der Waals surface area (Å²) in [5.41, 5.74) is 3.67. The standard InChI is InChI=1S/C15H12ClN3O3/c16-12-13(9-1-3-11(20)4-2-9)19(15(12)22)18-14(21)10-5-7-17-8-6-10/h1-8,12-13,20H,(H,18,21).